The van der Waals surface area contributed by atoms with Crippen LogP contribution in [0, 0.1) is 5.92 Å². The van der Waals surface area contributed by atoms with E-state index in [4.69, 9.17) is 0 Å². The van der Waals surface area contributed by atoms with Gasteiger partial charge in [0.25, 0.3) is 0 Å². The fourth-order valence-electron chi connectivity index (χ4n) is 3.11. The number of benzene rings is 1. The highest BCUT2D eigenvalue weighted by molar-refractivity contribution is 9.10. The molecule has 0 spiro atoms. The van der Waals surface area contributed by atoms with Gasteiger partial charge in [-0.3, -0.25) is 0 Å². The Kier molecular flexibility index (Phi) is 2.93. The molecule has 1 nitrogen and oxygen atoms in total. The van der Waals surface area contributed by atoms with Crippen molar-refractivity contribution in [3.05, 3.63) is 28.2 Å². The Hall–Kier alpha value is -0.500. The highest BCUT2D eigenvalue weighted by atomic mass is 79.9. The lowest BCUT2D eigenvalue weighted by Gasteiger charge is -2.23. The van der Waals surface area contributed by atoms with E-state index in [9.17, 15) is 0 Å². The van der Waals surface area contributed by atoms with Crippen molar-refractivity contribution < 1.29 is 0 Å². The molecule has 0 atom stereocenters. The van der Waals surface area contributed by atoms with Gasteiger partial charge in [-0.25, -0.2) is 0 Å². The van der Waals surface area contributed by atoms with E-state index < -0.39 is 0 Å². The zero-order valence-corrected chi connectivity index (χ0v) is 11.2. The molecule has 1 saturated carbocycles. The number of rotatable bonds is 2. The lowest BCUT2D eigenvalue weighted by atomic mass is 10.1. The summed E-state index contributed by atoms with van der Waals surface area (Å²) in [6, 6.07) is 6.73. The summed E-state index contributed by atoms with van der Waals surface area (Å²) in [4.78, 5) is 2.59. The van der Waals surface area contributed by atoms with Crippen LogP contribution in [0.3, 0.4) is 0 Å². The number of hydrogen-bond acceptors (Lipinski definition) is 1. The third-order valence-electron chi connectivity index (χ3n) is 3.99. The van der Waals surface area contributed by atoms with Crippen LogP contribution in [0.4, 0.5) is 5.69 Å². The van der Waals surface area contributed by atoms with E-state index in [1.54, 1.807) is 0 Å². The number of fused-ring (bicyclic) bond motifs is 1. The summed E-state index contributed by atoms with van der Waals surface area (Å²) < 4.78 is 1.21. The van der Waals surface area contributed by atoms with E-state index >= 15 is 0 Å². The Bertz CT molecular complexity index is 382. The van der Waals surface area contributed by atoms with Gasteiger partial charge in [-0.05, 0) is 42.9 Å². The molecule has 1 aromatic rings. The molecule has 3 rings (SSSR count). The molecule has 86 valence electrons. The fraction of sp³-hybridized carbons (Fsp3) is 0.571. The van der Waals surface area contributed by atoms with Crippen LogP contribution in [0.15, 0.2) is 22.7 Å². The summed E-state index contributed by atoms with van der Waals surface area (Å²) in [5.41, 5.74) is 3.00. The molecular formula is C14H18BrN. The molecule has 0 aromatic heterocycles. The van der Waals surface area contributed by atoms with Gasteiger partial charge in [-0.1, -0.05) is 34.8 Å². The molecule has 0 unspecified atom stereocenters. The minimum Gasteiger partial charge on any atom is -0.371 e. The van der Waals surface area contributed by atoms with Gasteiger partial charge in [-0.2, -0.15) is 0 Å². The third kappa shape index (κ3) is 2.00. The van der Waals surface area contributed by atoms with Crippen LogP contribution >= 0.6 is 15.9 Å². The molecule has 16 heavy (non-hydrogen) atoms. The van der Waals surface area contributed by atoms with E-state index in [2.05, 4.69) is 39.0 Å². The Morgan fingerprint density at radius 1 is 1.25 bits per heavy atom. The van der Waals surface area contributed by atoms with Gasteiger partial charge in [0.05, 0.1) is 0 Å². The van der Waals surface area contributed by atoms with Crippen LogP contribution in [-0.4, -0.2) is 13.1 Å². The predicted octanol–water partition coefficient (Wildman–Crippen LogP) is 4.00. The third-order valence-corrected chi connectivity index (χ3v) is 4.49. The van der Waals surface area contributed by atoms with E-state index in [0.29, 0.717) is 0 Å². The molecule has 1 aliphatic heterocycles. The first-order valence-electron chi connectivity index (χ1n) is 6.36. The van der Waals surface area contributed by atoms with Crippen molar-refractivity contribution in [2.45, 2.75) is 32.1 Å². The van der Waals surface area contributed by atoms with Gasteiger partial charge in [-0.15, -0.1) is 0 Å². The number of halogens is 1. The summed E-state index contributed by atoms with van der Waals surface area (Å²) in [5.74, 6) is 0.949. The van der Waals surface area contributed by atoms with E-state index in [1.165, 1.54) is 60.9 Å². The molecule has 1 aliphatic carbocycles. The molecule has 0 N–H and O–H groups in total. The maximum Gasteiger partial charge on any atom is 0.0410 e. The van der Waals surface area contributed by atoms with Gasteiger partial charge in [0, 0.05) is 23.2 Å². The SMILES string of the molecule is Brc1ccc2c(c1)N(CC1CCCC1)CC2. The molecule has 0 radical (unpaired) electrons. The molecule has 1 fully saturated rings. The van der Waals surface area contributed by atoms with E-state index in [-0.39, 0.29) is 0 Å². The van der Waals surface area contributed by atoms with Crippen molar-refractivity contribution >= 4 is 21.6 Å². The first-order chi connectivity index (χ1) is 7.83. The summed E-state index contributed by atoms with van der Waals surface area (Å²) in [7, 11) is 0. The summed E-state index contributed by atoms with van der Waals surface area (Å²) in [6.07, 6.45) is 7.02. The average molecular weight is 280 g/mol. The number of anilines is 1. The minimum atomic E-state index is 0.949. The lowest BCUT2D eigenvalue weighted by Crippen LogP contribution is -2.26. The normalized spacial score (nSPS) is 20.4. The van der Waals surface area contributed by atoms with Gasteiger partial charge >= 0.3 is 0 Å². The van der Waals surface area contributed by atoms with E-state index in [0.717, 1.165) is 5.92 Å². The van der Waals surface area contributed by atoms with Gasteiger partial charge < -0.3 is 4.90 Å². The Balaban J connectivity index is 1.77. The second-order valence-corrected chi connectivity index (χ2v) is 6.04. The molecule has 0 bridgehead atoms. The van der Waals surface area contributed by atoms with Crippen molar-refractivity contribution in [2.24, 2.45) is 5.92 Å². The maximum atomic E-state index is 3.58. The first kappa shape index (κ1) is 10.6. The standard InChI is InChI=1S/C14H18BrN/c15-13-6-5-12-7-8-16(14(12)9-13)10-11-3-1-2-4-11/h5-6,9,11H,1-4,7-8,10H2. The average Bonchev–Trinajstić information content (AvgIpc) is 2.90. The van der Waals surface area contributed by atoms with Crippen LogP contribution in [0.1, 0.15) is 31.2 Å². The Morgan fingerprint density at radius 2 is 2.06 bits per heavy atom. The topological polar surface area (TPSA) is 3.24 Å². The quantitative estimate of drug-likeness (QED) is 0.791. The minimum absolute atomic E-state index is 0.949. The van der Waals surface area contributed by atoms with Crippen molar-refractivity contribution in [1.29, 1.82) is 0 Å². The summed E-state index contributed by atoms with van der Waals surface area (Å²) in [5, 5.41) is 0. The monoisotopic (exact) mass is 279 g/mol. The predicted molar refractivity (Wildman–Crippen MR) is 72.0 cm³/mol. The molecular weight excluding hydrogens is 262 g/mol. The molecule has 0 saturated heterocycles. The van der Waals surface area contributed by atoms with Crippen LogP contribution in [0.2, 0.25) is 0 Å². The van der Waals surface area contributed by atoms with Crippen molar-refractivity contribution in [3.63, 3.8) is 0 Å². The summed E-state index contributed by atoms with van der Waals surface area (Å²) >= 11 is 3.58. The first-order valence-corrected chi connectivity index (χ1v) is 7.15. The maximum absolute atomic E-state index is 3.58. The Labute approximate surface area is 106 Å². The zero-order valence-electron chi connectivity index (χ0n) is 9.58. The largest absolute Gasteiger partial charge is 0.371 e. The van der Waals surface area contributed by atoms with Crippen LogP contribution < -0.4 is 4.90 Å². The zero-order chi connectivity index (χ0) is 11.0. The molecule has 1 heterocycles. The second-order valence-electron chi connectivity index (χ2n) is 5.12. The van der Waals surface area contributed by atoms with Crippen LogP contribution in [0.5, 0.6) is 0 Å². The van der Waals surface area contributed by atoms with Crippen LogP contribution in [0.25, 0.3) is 0 Å². The van der Waals surface area contributed by atoms with Crippen molar-refractivity contribution in [2.75, 3.05) is 18.0 Å². The Morgan fingerprint density at radius 3 is 2.88 bits per heavy atom. The molecule has 2 heteroatoms. The smallest absolute Gasteiger partial charge is 0.0410 e. The second kappa shape index (κ2) is 4.40. The molecule has 0 amide bonds. The van der Waals surface area contributed by atoms with Gasteiger partial charge in [0.1, 0.15) is 0 Å². The van der Waals surface area contributed by atoms with Crippen molar-refractivity contribution in [1.82, 2.24) is 0 Å². The van der Waals surface area contributed by atoms with Gasteiger partial charge in [0.15, 0.2) is 0 Å². The highest BCUT2D eigenvalue weighted by Crippen LogP contribution is 2.34. The molecule has 2 aliphatic rings. The van der Waals surface area contributed by atoms with Crippen LogP contribution in [-0.2, 0) is 6.42 Å². The lowest BCUT2D eigenvalue weighted by molar-refractivity contribution is 0.538. The molecule has 1 aromatic carbocycles. The fourth-order valence-corrected chi connectivity index (χ4v) is 3.46. The number of nitrogens with zero attached hydrogens (tertiary/aromatic N) is 1. The highest BCUT2D eigenvalue weighted by Gasteiger charge is 2.23. The van der Waals surface area contributed by atoms with Gasteiger partial charge in [0.2, 0.25) is 0 Å². The summed E-state index contributed by atoms with van der Waals surface area (Å²) in [6.45, 7) is 2.51. The van der Waals surface area contributed by atoms with E-state index in [1.807, 2.05) is 0 Å². The number of hydrogen-bond donors (Lipinski definition) is 0. The van der Waals surface area contributed by atoms with Crippen molar-refractivity contribution in [3.8, 4) is 0 Å².